The van der Waals surface area contributed by atoms with Crippen LogP contribution < -0.4 is 20.1 Å². The first-order chi connectivity index (χ1) is 18.0. The van der Waals surface area contributed by atoms with Crippen molar-refractivity contribution in [3.63, 3.8) is 0 Å². The number of anilines is 2. The van der Waals surface area contributed by atoms with Gasteiger partial charge in [0.15, 0.2) is 0 Å². The number of fused-ring (bicyclic) bond motifs is 1. The lowest BCUT2D eigenvalue weighted by atomic mass is 9.93. The van der Waals surface area contributed by atoms with Gasteiger partial charge >= 0.3 is 12.0 Å². The predicted molar refractivity (Wildman–Crippen MR) is 138 cm³/mol. The van der Waals surface area contributed by atoms with Gasteiger partial charge in [0.1, 0.15) is 23.5 Å². The molecule has 37 heavy (non-hydrogen) atoms. The highest BCUT2D eigenvalue weighted by atomic mass is 35.5. The zero-order valence-electron chi connectivity index (χ0n) is 20.5. The predicted octanol–water partition coefficient (Wildman–Crippen LogP) is 4.91. The van der Waals surface area contributed by atoms with Gasteiger partial charge in [-0.15, -0.1) is 0 Å². The number of nitrogens with one attached hydrogen (secondary N) is 2. The molecular weight excluding hydrogens is 501 g/mol. The van der Waals surface area contributed by atoms with Crippen LogP contribution in [0.2, 0.25) is 5.02 Å². The Bertz CT molecular complexity index is 1270. The van der Waals surface area contributed by atoms with Crippen molar-refractivity contribution >= 4 is 40.0 Å². The van der Waals surface area contributed by atoms with Gasteiger partial charge in [-0.05, 0) is 56.0 Å². The van der Waals surface area contributed by atoms with Crippen molar-refractivity contribution in [1.82, 2.24) is 20.2 Å². The summed E-state index contributed by atoms with van der Waals surface area (Å²) in [5.41, 5.74) is 1.23. The van der Waals surface area contributed by atoms with Gasteiger partial charge in [0.2, 0.25) is 0 Å². The molecule has 3 aromatic rings. The molecule has 9 nitrogen and oxygen atoms in total. The molecule has 5 rings (SSSR count). The van der Waals surface area contributed by atoms with E-state index in [1.165, 1.54) is 12.1 Å². The van der Waals surface area contributed by atoms with Crippen LogP contribution in [0.25, 0.3) is 10.9 Å². The van der Waals surface area contributed by atoms with Crippen LogP contribution in [0, 0.1) is 5.82 Å². The van der Waals surface area contributed by atoms with E-state index >= 15 is 0 Å². The van der Waals surface area contributed by atoms with E-state index in [0.717, 1.165) is 31.1 Å². The number of halogens is 2. The van der Waals surface area contributed by atoms with Crippen LogP contribution in [0.1, 0.15) is 25.7 Å². The molecule has 1 aliphatic heterocycles. The first kappa shape index (κ1) is 25.3. The fraction of sp³-hybridized carbons (Fsp3) is 0.423. The number of nitrogens with zero attached hydrogens (tertiary/aromatic N) is 3. The number of ether oxygens (including phenoxy) is 3. The van der Waals surface area contributed by atoms with E-state index in [1.54, 1.807) is 18.1 Å². The lowest BCUT2D eigenvalue weighted by Gasteiger charge is -2.32. The minimum atomic E-state index is -0.495. The fourth-order valence-electron chi connectivity index (χ4n) is 4.58. The summed E-state index contributed by atoms with van der Waals surface area (Å²) >= 11 is 5.96. The topological polar surface area (TPSA) is 97.8 Å². The SMILES string of the molecule is COc1ccc2c(Nc3ccc(F)c(Cl)c3)nc(O[C@H]3CC[C@@H](NC(=O)N4CCOCC4)CC3)nc2c1. The Hall–Kier alpha value is -3.37. The number of aromatic nitrogens is 2. The van der Waals surface area contributed by atoms with Crippen LogP contribution in [0.3, 0.4) is 0 Å². The average Bonchev–Trinajstić information content (AvgIpc) is 2.92. The first-order valence-corrected chi connectivity index (χ1v) is 12.7. The highest BCUT2D eigenvalue weighted by Crippen LogP contribution is 2.31. The number of methoxy groups -OCH3 is 1. The van der Waals surface area contributed by atoms with E-state index in [0.29, 0.717) is 49.1 Å². The number of hydrogen-bond donors (Lipinski definition) is 2. The Labute approximate surface area is 219 Å². The summed E-state index contributed by atoms with van der Waals surface area (Å²) in [6.07, 6.45) is 3.07. The molecule has 0 spiro atoms. The minimum absolute atomic E-state index is 0.0129. The van der Waals surface area contributed by atoms with E-state index in [4.69, 9.17) is 25.8 Å². The molecule has 0 atom stereocenters. The quantitative estimate of drug-likeness (QED) is 0.468. The molecule has 2 fully saturated rings. The monoisotopic (exact) mass is 529 g/mol. The molecular formula is C26H29ClFN5O4. The normalized spacial score (nSPS) is 19.9. The van der Waals surface area contributed by atoms with Crippen molar-refractivity contribution in [3.8, 4) is 11.8 Å². The van der Waals surface area contributed by atoms with Gasteiger partial charge in [0.25, 0.3) is 0 Å². The van der Waals surface area contributed by atoms with Crippen molar-refractivity contribution in [3.05, 3.63) is 47.2 Å². The third-order valence-electron chi connectivity index (χ3n) is 6.64. The van der Waals surface area contributed by atoms with Gasteiger partial charge in [-0.25, -0.2) is 9.18 Å². The van der Waals surface area contributed by atoms with Crippen molar-refractivity contribution in [2.24, 2.45) is 0 Å². The second kappa shape index (κ2) is 11.4. The second-order valence-corrected chi connectivity index (χ2v) is 9.54. The Morgan fingerprint density at radius 1 is 1.11 bits per heavy atom. The van der Waals surface area contributed by atoms with Crippen molar-refractivity contribution in [2.45, 2.75) is 37.8 Å². The molecule has 0 radical (unpaired) electrons. The van der Waals surface area contributed by atoms with Crippen molar-refractivity contribution < 1.29 is 23.4 Å². The van der Waals surface area contributed by atoms with Gasteiger partial charge in [0.05, 0.1) is 30.9 Å². The summed E-state index contributed by atoms with van der Waals surface area (Å²) in [4.78, 5) is 23.5. The number of morpholine rings is 1. The molecule has 1 saturated heterocycles. The van der Waals surface area contributed by atoms with E-state index in [2.05, 4.69) is 20.6 Å². The Balaban J connectivity index is 1.28. The number of carbonyl (C=O) groups excluding carboxylic acids is 1. The summed E-state index contributed by atoms with van der Waals surface area (Å²) in [6.45, 7) is 2.40. The lowest BCUT2D eigenvalue weighted by Crippen LogP contribution is -2.50. The maximum Gasteiger partial charge on any atom is 0.319 e. The van der Waals surface area contributed by atoms with Gasteiger partial charge in [-0.2, -0.15) is 9.97 Å². The van der Waals surface area contributed by atoms with E-state index in [9.17, 15) is 9.18 Å². The molecule has 0 unspecified atom stereocenters. The summed E-state index contributed by atoms with van der Waals surface area (Å²) in [7, 11) is 1.59. The molecule has 2 aliphatic rings. The Morgan fingerprint density at radius 2 is 1.89 bits per heavy atom. The summed E-state index contributed by atoms with van der Waals surface area (Å²) < 4.78 is 30.5. The van der Waals surface area contributed by atoms with Crippen LogP contribution in [0.4, 0.5) is 20.7 Å². The standard InChI is InChI=1S/C26H29ClFN5O4/c1-35-19-7-8-20-23(15-19)31-25(32-24(20)29-17-4-9-22(28)21(27)14-17)37-18-5-2-16(3-6-18)30-26(34)33-10-12-36-13-11-33/h4,7-9,14-16,18H,2-3,5-6,10-13H2,1H3,(H,30,34)(H,29,31,32)/t16-,18+. The number of rotatable bonds is 6. The molecule has 2 heterocycles. The zero-order valence-corrected chi connectivity index (χ0v) is 21.3. The van der Waals surface area contributed by atoms with Gasteiger partial charge < -0.3 is 29.7 Å². The third-order valence-corrected chi connectivity index (χ3v) is 6.93. The largest absolute Gasteiger partial charge is 0.497 e. The van der Waals surface area contributed by atoms with Crippen molar-refractivity contribution in [1.29, 1.82) is 0 Å². The third kappa shape index (κ3) is 6.14. The van der Waals surface area contributed by atoms with Crippen molar-refractivity contribution in [2.75, 3.05) is 38.7 Å². The first-order valence-electron chi connectivity index (χ1n) is 12.4. The summed E-state index contributed by atoms with van der Waals surface area (Å²) in [5, 5.41) is 7.11. The molecule has 2 N–H and O–H groups in total. The number of carbonyl (C=O) groups is 1. The van der Waals surface area contributed by atoms with Gasteiger partial charge in [0, 0.05) is 36.3 Å². The van der Waals surface area contributed by atoms with Crippen LogP contribution in [0.15, 0.2) is 36.4 Å². The maximum atomic E-state index is 13.6. The molecule has 1 saturated carbocycles. The maximum absolute atomic E-state index is 13.6. The fourth-order valence-corrected chi connectivity index (χ4v) is 4.76. The Morgan fingerprint density at radius 3 is 2.62 bits per heavy atom. The minimum Gasteiger partial charge on any atom is -0.497 e. The van der Waals surface area contributed by atoms with E-state index < -0.39 is 5.82 Å². The molecule has 0 bridgehead atoms. The number of amides is 2. The lowest BCUT2D eigenvalue weighted by molar-refractivity contribution is 0.0513. The highest BCUT2D eigenvalue weighted by Gasteiger charge is 2.27. The average molecular weight is 530 g/mol. The van der Waals surface area contributed by atoms with E-state index in [1.807, 2.05) is 18.2 Å². The molecule has 11 heteroatoms. The van der Waals surface area contributed by atoms with Crippen LogP contribution in [-0.4, -0.2) is 66.5 Å². The molecule has 1 aliphatic carbocycles. The number of hydrogen-bond acceptors (Lipinski definition) is 7. The summed E-state index contributed by atoms with van der Waals surface area (Å²) in [6, 6.07) is 10.2. The molecule has 2 aromatic carbocycles. The van der Waals surface area contributed by atoms with Gasteiger partial charge in [-0.1, -0.05) is 11.6 Å². The second-order valence-electron chi connectivity index (χ2n) is 9.13. The summed E-state index contributed by atoms with van der Waals surface area (Å²) in [5.74, 6) is 0.673. The molecule has 2 amide bonds. The van der Waals surface area contributed by atoms with E-state index in [-0.39, 0.29) is 29.2 Å². The Kier molecular flexibility index (Phi) is 7.76. The number of benzene rings is 2. The van der Waals surface area contributed by atoms with Crippen LogP contribution in [0.5, 0.6) is 11.8 Å². The van der Waals surface area contributed by atoms with Crippen LogP contribution in [-0.2, 0) is 4.74 Å². The highest BCUT2D eigenvalue weighted by molar-refractivity contribution is 6.31. The number of urea groups is 1. The van der Waals surface area contributed by atoms with Crippen LogP contribution >= 0.6 is 11.6 Å². The molecule has 1 aromatic heterocycles. The van der Waals surface area contributed by atoms with Gasteiger partial charge in [-0.3, -0.25) is 0 Å². The smallest absolute Gasteiger partial charge is 0.319 e. The molecule has 196 valence electrons. The zero-order chi connectivity index (χ0) is 25.8.